The number of H-pyrrole nitrogens is 1. The van der Waals surface area contributed by atoms with E-state index in [1.54, 1.807) is 0 Å². The summed E-state index contributed by atoms with van der Waals surface area (Å²) in [6, 6.07) is 19.6. The molecule has 0 fully saturated rings. The number of aromatic nitrogens is 3. The summed E-state index contributed by atoms with van der Waals surface area (Å²) in [6.45, 7) is 0.410. The normalized spacial score (nSPS) is 15.5. The van der Waals surface area contributed by atoms with Gasteiger partial charge in [-0.1, -0.05) is 30.3 Å². The van der Waals surface area contributed by atoms with E-state index in [0.717, 1.165) is 48.2 Å². The van der Waals surface area contributed by atoms with Crippen molar-refractivity contribution < 1.29 is 4.79 Å². The molecule has 2 aromatic carbocycles. The molecule has 0 bridgehead atoms. The highest BCUT2D eigenvalue weighted by Gasteiger charge is 2.23. The standard InChI is InChI=1S/C25H25N5O/c31-25(17-7-2-1-3-8-17)28-16-27-22-12-6-9-19-18(13-14-26-24(19)22)15-23-29-20-10-4-5-11-21(20)30-23/h1-5,7-8,10-11,13-14,22,27H,6,9,12,15-16H2,(H,28,31)(H,29,30). The molecule has 0 saturated carbocycles. The first kappa shape index (κ1) is 19.5. The van der Waals surface area contributed by atoms with Crippen LogP contribution in [0.5, 0.6) is 0 Å². The number of para-hydroxylation sites is 2. The van der Waals surface area contributed by atoms with Gasteiger partial charge in [-0.25, -0.2) is 4.98 Å². The lowest BCUT2D eigenvalue weighted by Crippen LogP contribution is -2.37. The number of fused-ring (bicyclic) bond motifs is 2. The lowest BCUT2D eigenvalue weighted by atomic mass is 9.88. The van der Waals surface area contributed by atoms with E-state index in [2.05, 4.69) is 27.8 Å². The van der Waals surface area contributed by atoms with Crippen molar-refractivity contribution in [3.63, 3.8) is 0 Å². The van der Waals surface area contributed by atoms with Gasteiger partial charge < -0.3 is 10.3 Å². The number of rotatable bonds is 6. The number of carbonyl (C=O) groups is 1. The van der Waals surface area contributed by atoms with Crippen LogP contribution in [0.1, 0.15) is 51.9 Å². The van der Waals surface area contributed by atoms with E-state index in [1.165, 1.54) is 11.1 Å². The largest absolute Gasteiger partial charge is 0.342 e. The summed E-state index contributed by atoms with van der Waals surface area (Å²) in [5, 5.41) is 6.43. The number of nitrogens with one attached hydrogen (secondary N) is 3. The van der Waals surface area contributed by atoms with Crippen molar-refractivity contribution in [3.8, 4) is 0 Å². The van der Waals surface area contributed by atoms with Gasteiger partial charge >= 0.3 is 0 Å². The van der Waals surface area contributed by atoms with Crippen LogP contribution in [-0.4, -0.2) is 27.5 Å². The average Bonchev–Trinajstić information content (AvgIpc) is 3.22. The van der Waals surface area contributed by atoms with Crippen molar-refractivity contribution in [2.45, 2.75) is 31.7 Å². The lowest BCUT2D eigenvalue weighted by molar-refractivity contribution is 0.0948. The Morgan fingerprint density at radius 2 is 1.90 bits per heavy atom. The second-order valence-electron chi connectivity index (χ2n) is 7.91. The minimum absolute atomic E-state index is 0.0734. The number of aromatic amines is 1. The summed E-state index contributed by atoms with van der Waals surface area (Å²) in [4.78, 5) is 25.1. The molecule has 1 amide bonds. The van der Waals surface area contributed by atoms with Crippen LogP contribution in [0.4, 0.5) is 0 Å². The fourth-order valence-corrected chi connectivity index (χ4v) is 4.34. The molecule has 1 unspecified atom stereocenters. The minimum Gasteiger partial charge on any atom is -0.342 e. The first-order chi connectivity index (χ1) is 15.3. The average molecular weight is 412 g/mol. The van der Waals surface area contributed by atoms with Crippen LogP contribution in [0, 0.1) is 0 Å². The molecule has 4 aromatic rings. The molecule has 1 aliphatic carbocycles. The van der Waals surface area contributed by atoms with Crippen LogP contribution < -0.4 is 10.6 Å². The zero-order chi connectivity index (χ0) is 21.0. The maximum Gasteiger partial charge on any atom is 0.252 e. The predicted molar refractivity (Wildman–Crippen MR) is 121 cm³/mol. The fraction of sp³-hybridized carbons (Fsp3) is 0.240. The molecule has 2 aromatic heterocycles. The Morgan fingerprint density at radius 1 is 1.06 bits per heavy atom. The number of imidazole rings is 1. The SMILES string of the molecule is O=C(NCNC1CCCc2c(Cc3nc4ccccc4[nH]3)ccnc21)c1ccccc1. The summed E-state index contributed by atoms with van der Waals surface area (Å²) in [6.07, 6.45) is 5.77. The maximum absolute atomic E-state index is 12.3. The molecule has 0 spiro atoms. The van der Waals surface area contributed by atoms with Gasteiger partial charge in [-0.15, -0.1) is 0 Å². The summed E-state index contributed by atoms with van der Waals surface area (Å²) in [5.74, 6) is 0.899. The van der Waals surface area contributed by atoms with E-state index in [1.807, 2.05) is 54.7 Å². The number of amides is 1. The molecule has 1 aliphatic rings. The monoisotopic (exact) mass is 411 g/mol. The molecule has 156 valence electrons. The number of nitrogens with zero attached hydrogens (tertiary/aromatic N) is 2. The molecule has 0 radical (unpaired) electrons. The maximum atomic E-state index is 12.3. The molecule has 0 aliphatic heterocycles. The van der Waals surface area contributed by atoms with E-state index >= 15 is 0 Å². The molecular weight excluding hydrogens is 386 g/mol. The molecule has 6 heteroatoms. The topological polar surface area (TPSA) is 82.7 Å². The van der Waals surface area contributed by atoms with E-state index < -0.39 is 0 Å². The van der Waals surface area contributed by atoms with E-state index in [9.17, 15) is 4.79 Å². The summed E-state index contributed by atoms with van der Waals surface area (Å²) in [7, 11) is 0. The Kier molecular flexibility index (Phi) is 5.46. The van der Waals surface area contributed by atoms with Crippen molar-refractivity contribution in [2.24, 2.45) is 0 Å². The molecule has 6 nitrogen and oxygen atoms in total. The quantitative estimate of drug-likeness (QED) is 0.420. The van der Waals surface area contributed by atoms with Gasteiger partial charge in [0.05, 0.1) is 29.4 Å². The van der Waals surface area contributed by atoms with Crippen molar-refractivity contribution >= 4 is 16.9 Å². The Hall–Kier alpha value is -3.51. The van der Waals surface area contributed by atoms with Crippen LogP contribution in [-0.2, 0) is 12.8 Å². The highest BCUT2D eigenvalue weighted by molar-refractivity contribution is 5.94. The summed E-state index contributed by atoms with van der Waals surface area (Å²) in [5.41, 5.74) is 6.39. The van der Waals surface area contributed by atoms with Crippen LogP contribution in [0.15, 0.2) is 66.9 Å². The zero-order valence-corrected chi connectivity index (χ0v) is 17.3. The summed E-state index contributed by atoms with van der Waals surface area (Å²) >= 11 is 0. The third-order valence-corrected chi connectivity index (χ3v) is 5.87. The van der Waals surface area contributed by atoms with Crippen molar-refractivity contribution in [3.05, 3.63) is 95.1 Å². The van der Waals surface area contributed by atoms with E-state index in [-0.39, 0.29) is 11.9 Å². The second-order valence-corrected chi connectivity index (χ2v) is 7.91. The van der Waals surface area contributed by atoms with E-state index in [4.69, 9.17) is 9.97 Å². The number of hydrogen-bond donors (Lipinski definition) is 3. The van der Waals surface area contributed by atoms with Crippen LogP contribution in [0.2, 0.25) is 0 Å². The Labute approximate surface area is 181 Å². The van der Waals surface area contributed by atoms with Crippen molar-refractivity contribution in [1.82, 2.24) is 25.6 Å². The Morgan fingerprint density at radius 3 is 2.77 bits per heavy atom. The number of carbonyl (C=O) groups excluding carboxylic acids is 1. The summed E-state index contributed by atoms with van der Waals surface area (Å²) < 4.78 is 0. The minimum atomic E-state index is -0.0734. The third-order valence-electron chi connectivity index (χ3n) is 5.87. The predicted octanol–water partition coefficient (Wildman–Crippen LogP) is 3.90. The zero-order valence-electron chi connectivity index (χ0n) is 17.3. The second kappa shape index (κ2) is 8.70. The van der Waals surface area contributed by atoms with Gasteiger partial charge in [-0.3, -0.25) is 15.1 Å². The van der Waals surface area contributed by atoms with Gasteiger partial charge in [-0.05, 0) is 60.7 Å². The van der Waals surface area contributed by atoms with Crippen molar-refractivity contribution in [1.29, 1.82) is 0 Å². The fourth-order valence-electron chi connectivity index (χ4n) is 4.34. The molecular formula is C25H25N5O. The van der Waals surface area contributed by atoms with Gasteiger partial charge in [0.25, 0.3) is 5.91 Å². The van der Waals surface area contributed by atoms with Crippen LogP contribution in [0.25, 0.3) is 11.0 Å². The van der Waals surface area contributed by atoms with Gasteiger partial charge in [0.2, 0.25) is 0 Å². The first-order valence-corrected chi connectivity index (χ1v) is 10.7. The number of benzene rings is 2. The highest BCUT2D eigenvalue weighted by Crippen LogP contribution is 2.31. The molecule has 2 heterocycles. The van der Waals surface area contributed by atoms with Gasteiger partial charge in [-0.2, -0.15) is 0 Å². The molecule has 0 saturated heterocycles. The van der Waals surface area contributed by atoms with Crippen molar-refractivity contribution in [2.75, 3.05) is 6.67 Å². The smallest absolute Gasteiger partial charge is 0.252 e. The lowest BCUT2D eigenvalue weighted by Gasteiger charge is -2.27. The van der Waals surface area contributed by atoms with Crippen LogP contribution >= 0.6 is 0 Å². The number of pyridine rings is 1. The molecule has 31 heavy (non-hydrogen) atoms. The number of hydrogen-bond acceptors (Lipinski definition) is 4. The Bertz CT molecular complexity index is 1170. The first-order valence-electron chi connectivity index (χ1n) is 10.7. The molecule has 5 rings (SSSR count). The third kappa shape index (κ3) is 4.20. The highest BCUT2D eigenvalue weighted by atomic mass is 16.1. The van der Waals surface area contributed by atoms with Gasteiger partial charge in [0, 0.05) is 18.2 Å². The molecule has 3 N–H and O–H groups in total. The van der Waals surface area contributed by atoms with Crippen LogP contribution in [0.3, 0.4) is 0 Å². The Balaban J connectivity index is 1.29. The molecule has 1 atom stereocenters. The van der Waals surface area contributed by atoms with Gasteiger partial charge in [0.1, 0.15) is 5.82 Å². The van der Waals surface area contributed by atoms with Gasteiger partial charge in [0.15, 0.2) is 0 Å². The van der Waals surface area contributed by atoms with E-state index in [0.29, 0.717) is 12.2 Å².